The minimum atomic E-state index is -0.339. The molecule has 0 aliphatic carbocycles. The molecule has 2 heterocycles. The summed E-state index contributed by atoms with van der Waals surface area (Å²) in [4.78, 5) is 15.9. The van der Waals surface area contributed by atoms with Crippen molar-refractivity contribution in [2.24, 2.45) is 5.10 Å². The SMILES string of the molecule is O=C1NN=C(c2ccncc2)C1c1ccccc1. The Balaban J connectivity index is 2.03. The maximum atomic E-state index is 11.9. The van der Waals surface area contributed by atoms with Crippen LogP contribution in [0.3, 0.4) is 0 Å². The molecule has 0 spiro atoms. The van der Waals surface area contributed by atoms with Crippen LogP contribution < -0.4 is 5.43 Å². The molecule has 0 bridgehead atoms. The molecule has 1 unspecified atom stereocenters. The molecule has 0 saturated heterocycles. The van der Waals surface area contributed by atoms with E-state index in [9.17, 15) is 4.79 Å². The van der Waals surface area contributed by atoms with Crippen LogP contribution in [0.4, 0.5) is 0 Å². The minimum Gasteiger partial charge on any atom is -0.272 e. The van der Waals surface area contributed by atoms with Gasteiger partial charge in [-0.05, 0) is 17.7 Å². The highest BCUT2D eigenvalue weighted by Gasteiger charge is 2.32. The molecule has 1 atom stereocenters. The average molecular weight is 237 g/mol. The normalized spacial score (nSPS) is 18.3. The lowest BCUT2D eigenvalue weighted by atomic mass is 9.90. The molecule has 1 aromatic heterocycles. The summed E-state index contributed by atoms with van der Waals surface area (Å²) in [6.45, 7) is 0. The number of benzene rings is 1. The third-order valence-corrected chi connectivity index (χ3v) is 2.93. The van der Waals surface area contributed by atoms with Gasteiger partial charge in [0, 0.05) is 18.0 Å². The van der Waals surface area contributed by atoms with Crippen LogP contribution in [0.15, 0.2) is 60.0 Å². The number of hydrogen-bond donors (Lipinski definition) is 1. The molecule has 2 aromatic rings. The van der Waals surface area contributed by atoms with Crippen molar-refractivity contribution in [2.45, 2.75) is 5.92 Å². The van der Waals surface area contributed by atoms with Gasteiger partial charge in [-0.1, -0.05) is 30.3 Å². The first-order valence-electron chi connectivity index (χ1n) is 5.69. The number of pyridine rings is 1. The maximum Gasteiger partial charge on any atom is 0.253 e. The second kappa shape index (κ2) is 4.41. The molecule has 1 aromatic carbocycles. The molecule has 88 valence electrons. The first-order valence-corrected chi connectivity index (χ1v) is 5.69. The van der Waals surface area contributed by atoms with E-state index in [2.05, 4.69) is 15.5 Å². The fourth-order valence-corrected chi connectivity index (χ4v) is 2.08. The maximum absolute atomic E-state index is 11.9. The highest BCUT2D eigenvalue weighted by Crippen LogP contribution is 2.24. The van der Waals surface area contributed by atoms with E-state index in [1.54, 1.807) is 12.4 Å². The quantitative estimate of drug-likeness (QED) is 0.864. The molecule has 1 amide bonds. The van der Waals surface area contributed by atoms with E-state index in [0.29, 0.717) is 0 Å². The van der Waals surface area contributed by atoms with Crippen LogP contribution in [0.25, 0.3) is 0 Å². The Hall–Kier alpha value is -2.49. The molecule has 18 heavy (non-hydrogen) atoms. The van der Waals surface area contributed by atoms with Crippen molar-refractivity contribution in [3.05, 3.63) is 66.0 Å². The summed E-state index contributed by atoms with van der Waals surface area (Å²) < 4.78 is 0. The van der Waals surface area contributed by atoms with E-state index < -0.39 is 0 Å². The summed E-state index contributed by atoms with van der Waals surface area (Å²) in [7, 11) is 0. The number of aromatic nitrogens is 1. The fraction of sp³-hybridized carbons (Fsp3) is 0.0714. The first-order chi connectivity index (χ1) is 8.86. The summed E-state index contributed by atoms with van der Waals surface area (Å²) in [6.07, 6.45) is 3.39. The van der Waals surface area contributed by atoms with Gasteiger partial charge in [0.05, 0.1) is 5.71 Å². The van der Waals surface area contributed by atoms with Gasteiger partial charge >= 0.3 is 0 Å². The molecule has 4 nitrogen and oxygen atoms in total. The number of amides is 1. The Morgan fingerprint density at radius 1 is 1.00 bits per heavy atom. The molecule has 1 N–H and O–H groups in total. The van der Waals surface area contributed by atoms with Gasteiger partial charge in [0.25, 0.3) is 5.91 Å². The number of hydrazone groups is 1. The standard InChI is InChI=1S/C14H11N3O/c18-14-12(10-4-2-1-3-5-10)13(16-17-14)11-6-8-15-9-7-11/h1-9,12H,(H,17,18). The van der Waals surface area contributed by atoms with E-state index in [0.717, 1.165) is 16.8 Å². The summed E-state index contributed by atoms with van der Waals surface area (Å²) in [6, 6.07) is 13.4. The third kappa shape index (κ3) is 1.78. The van der Waals surface area contributed by atoms with Gasteiger partial charge in [0.2, 0.25) is 0 Å². The second-order valence-electron chi connectivity index (χ2n) is 4.05. The van der Waals surface area contributed by atoms with Crippen LogP contribution in [0.1, 0.15) is 17.0 Å². The zero-order valence-electron chi connectivity index (χ0n) is 9.58. The third-order valence-electron chi connectivity index (χ3n) is 2.93. The van der Waals surface area contributed by atoms with Gasteiger partial charge in [0.1, 0.15) is 5.92 Å². The smallest absolute Gasteiger partial charge is 0.253 e. The molecule has 0 fully saturated rings. The van der Waals surface area contributed by atoms with E-state index >= 15 is 0 Å². The number of nitrogens with zero attached hydrogens (tertiary/aromatic N) is 2. The van der Waals surface area contributed by atoms with Gasteiger partial charge in [-0.3, -0.25) is 9.78 Å². The molecule has 0 saturated carbocycles. The monoisotopic (exact) mass is 237 g/mol. The summed E-state index contributed by atoms with van der Waals surface area (Å²) in [5.41, 5.74) is 5.15. The highest BCUT2D eigenvalue weighted by atomic mass is 16.2. The molecule has 1 aliphatic rings. The van der Waals surface area contributed by atoms with Crippen LogP contribution in [0.5, 0.6) is 0 Å². The number of carbonyl (C=O) groups excluding carboxylic acids is 1. The fourth-order valence-electron chi connectivity index (χ4n) is 2.08. The van der Waals surface area contributed by atoms with Crippen LogP contribution in [-0.4, -0.2) is 16.6 Å². The van der Waals surface area contributed by atoms with Crippen LogP contribution >= 0.6 is 0 Å². The number of rotatable bonds is 2. The topological polar surface area (TPSA) is 54.4 Å². The molecular formula is C14H11N3O. The number of nitrogens with one attached hydrogen (secondary N) is 1. The number of carbonyl (C=O) groups is 1. The minimum absolute atomic E-state index is 0.0898. The van der Waals surface area contributed by atoms with Gasteiger partial charge in [-0.15, -0.1) is 0 Å². The van der Waals surface area contributed by atoms with Crippen LogP contribution in [-0.2, 0) is 4.79 Å². The van der Waals surface area contributed by atoms with Crippen molar-refractivity contribution in [1.29, 1.82) is 0 Å². The Labute approximate surface area is 104 Å². The lowest BCUT2D eigenvalue weighted by molar-refractivity contribution is -0.120. The number of hydrogen-bond acceptors (Lipinski definition) is 3. The van der Waals surface area contributed by atoms with Crippen molar-refractivity contribution >= 4 is 11.6 Å². The summed E-state index contributed by atoms with van der Waals surface area (Å²) in [5, 5.41) is 4.13. The van der Waals surface area contributed by atoms with Crippen molar-refractivity contribution in [1.82, 2.24) is 10.4 Å². The predicted octanol–water partition coefficient (Wildman–Crippen LogP) is 1.70. The second-order valence-corrected chi connectivity index (χ2v) is 4.05. The predicted molar refractivity (Wildman–Crippen MR) is 68.1 cm³/mol. The Kier molecular flexibility index (Phi) is 2.61. The highest BCUT2D eigenvalue weighted by molar-refractivity contribution is 6.20. The molecule has 1 aliphatic heterocycles. The van der Waals surface area contributed by atoms with Gasteiger partial charge in [0.15, 0.2) is 0 Å². The molecular weight excluding hydrogens is 226 g/mol. The van der Waals surface area contributed by atoms with Crippen molar-refractivity contribution in [2.75, 3.05) is 0 Å². The van der Waals surface area contributed by atoms with Crippen molar-refractivity contribution in [3.63, 3.8) is 0 Å². The van der Waals surface area contributed by atoms with E-state index in [4.69, 9.17) is 0 Å². The average Bonchev–Trinajstić information content (AvgIpc) is 2.83. The Bertz CT molecular complexity index is 593. The molecule has 0 radical (unpaired) electrons. The van der Waals surface area contributed by atoms with Crippen LogP contribution in [0.2, 0.25) is 0 Å². The molecule has 3 rings (SSSR count). The lowest BCUT2D eigenvalue weighted by Crippen LogP contribution is -2.21. The lowest BCUT2D eigenvalue weighted by Gasteiger charge is -2.10. The first kappa shape index (κ1) is 10.7. The van der Waals surface area contributed by atoms with Crippen molar-refractivity contribution in [3.8, 4) is 0 Å². The van der Waals surface area contributed by atoms with E-state index in [1.807, 2.05) is 42.5 Å². The zero-order chi connectivity index (χ0) is 12.4. The zero-order valence-corrected chi connectivity index (χ0v) is 9.58. The van der Waals surface area contributed by atoms with E-state index in [-0.39, 0.29) is 11.8 Å². The van der Waals surface area contributed by atoms with Crippen molar-refractivity contribution < 1.29 is 4.79 Å². The Morgan fingerprint density at radius 2 is 1.72 bits per heavy atom. The van der Waals surface area contributed by atoms with Gasteiger partial charge in [-0.2, -0.15) is 5.10 Å². The van der Waals surface area contributed by atoms with Crippen LogP contribution in [0, 0.1) is 0 Å². The molecule has 4 heteroatoms. The largest absolute Gasteiger partial charge is 0.272 e. The Morgan fingerprint density at radius 3 is 2.44 bits per heavy atom. The summed E-state index contributed by atoms with van der Waals surface area (Å²) in [5.74, 6) is -0.429. The van der Waals surface area contributed by atoms with Gasteiger partial charge in [-0.25, -0.2) is 5.43 Å². The van der Waals surface area contributed by atoms with E-state index in [1.165, 1.54) is 0 Å². The van der Waals surface area contributed by atoms with Gasteiger partial charge < -0.3 is 0 Å². The summed E-state index contributed by atoms with van der Waals surface area (Å²) >= 11 is 0.